The summed E-state index contributed by atoms with van der Waals surface area (Å²) in [5, 5.41) is 0. The Balaban J connectivity index is 2.64. The maximum atomic E-state index is 6.00. The molecule has 1 heterocycles. The topological polar surface area (TPSA) is 21.1 Å². The standard InChI is InChI=1S/C17H26ClN3/c1-12(2)15(11-20(4)5)21-16(9-10-18)19-14-8-6-7-13(3)17(14)21/h6-8,12,15H,9-11H2,1-5H3. The zero-order valence-corrected chi connectivity index (χ0v) is 14.5. The summed E-state index contributed by atoms with van der Waals surface area (Å²) in [4.78, 5) is 7.08. The smallest absolute Gasteiger partial charge is 0.111 e. The van der Waals surface area contributed by atoms with Gasteiger partial charge in [-0.15, -0.1) is 11.6 Å². The highest BCUT2D eigenvalue weighted by molar-refractivity contribution is 6.17. The molecule has 0 N–H and O–H groups in total. The van der Waals surface area contributed by atoms with Gasteiger partial charge in [-0.2, -0.15) is 0 Å². The van der Waals surface area contributed by atoms with Gasteiger partial charge < -0.3 is 9.47 Å². The Kier molecular flexibility index (Phi) is 5.28. The molecule has 3 nitrogen and oxygen atoms in total. The molecule has 1 atom stereocenters. The average molecular weight is 308 g/mol. The van der Waals surface area contributed by atoms with Crippen LogP contribution < -0.4 is 0 Å². The summed E-state index contributed by atoms with van der Waals surface area (Å²) >= 11 is 6.00. The molecular formula is C17H26ClN3. The van der Waals surface area contributed by atoms with Crippen LogP contribution in [0.25, 0.3) is 11.0 Å². The van der Waals surface area contributed by atoms with Gasteiger partial charge in [-0.25, -0.2) is 4.98 Å². The minimum Gasteiger partial charge on any atom is -0.323 e. The number of aryl methyl sites for hydroxylation is 2. The Morgan fingerprint density at radius 3 is 2.57 bits per heavy atom. The lowest BCUT2D eigenvalue weighted by atomic mass is 10.0. The van der Waals surface area contributed by atoms with Crippen LogP contribution in [0.15, 0.2) is 18.2 Å². The van der Waals surface area contributed by atoms with Gasteiger partial charge >= 0.3 is 0 Å². The first-order chi connectivity index (χ1) is 9.95. The summed E-state index contributed by atoms with van der Waals surface area (Å²) in [6.07, 6.45) is 0.812. The third kappa shape index (κ3) is 3.41. The van der Waals surface area contributed by atoms with E-state index in [9.17, 15) is 0 Å². The van der Waals surface area contributed by atoms with E-state index >= 15 is 0 Å². The molecule has 1 aromatic heterocycles. The number of likely N-dealkylation sites (N-methyl/N-ethyl adjacent to an activating group) is 1. The molecule has 0 saturated carbocycles. The molecule has 2 aromatic rings. The van der Waals surface area contributed by atoms with Crippen LogP contribution in [0.3, 0.4) is 0 Å². The van der Waals surface area contributed by atoms with Crippen molar-refractivity contribution in [3.63, 3.8) is 0 Å². The first-order valence-electron chi connectivity index (χ1n) is 7.62. The molecule has 0 spiro atoms. The molecular weight excluding hydrogens is 282 g/mol. The molecule has 0 fully saturated rings. The highest BCUT2D eigenvalue weighted by Gasteiger charge is 2.23. The predicted octanol–water partition coefficient (Wildman–Crippen LogP) is 3.88. The fraction of sp³-hybridized carbons (Fsp3) is 0.588. The molecule has 4 heteroatoms. The van der Waals surface area contributed by atoms with Crippen molar-refractivity contribution < 1.29 is 0 Å². The number of fused-ring (bicyclic) bond motifs is 1. The van der Waals surface area contributed by atoms with Crippen molar-refractivity contribution in [1.29, 1.82) is 0 Å². The first kappa shape index (κ1) is 16.3. The number of para-hydroxylation sites is 1. The van der Waals surface area contributed by atoms with Crippen LogP contribution in [0.4, 0.5) is 0 Å². The second-order valence-corrected chi connectivity index (χ2v) is 6.73. The van der Waals surface area contributed by atoms with Gasteiger partial charge in [-0.3, -0.25) is 0 Å². The quantitative estimate of drug-likeness (QED) is 0.755. The van der Waals surface area contributed by atoms with Crippen molar-refractivity contribution >= 4 is 22.6 Å². The zero-order valence-electron chi connectivity index (χ0n) is 13.7. The van der Waals surface area contributed by atoms with Crippen LogP contribution in [0, 0.1) is 12.8 Å². The molecule has 0 aliphatic heterocycles. The molecule has 0 radical (unpaired) electrons. The van der Waals surface area contributed by atoms with Crippen LogP contribution in [0.5, 0.6) is 0 Å². The summed E-state index contributed by atoms with van der Waals surface area (Å²) in [5.74, 6) is 2.25. The van der Waals surface area contributed by atoms with E-state index in [1.54, 1.807) is 0 Å². The van der Waals surface area contributed by atoms with E-state index in [4.69, 9.17) is 16.6 Å². The molecule has 2 rings (SSSR count). The molecule has 0 aliphatic carbocycles. The maximum absolute atomic E-state index is 6.00. The Hall–Kier alpha value is -1.06. The van der Waals surface area contributed by atoms with Crippen molar-refractivity contribution in [3.05, 3.63) is 29.6 Å². The molecule has 0 bridgehead atoms. The van der Waals surface area contributed by atoms with Gasteiger partial charge in [0.1, 0.15) is 5.82 Å². The number of imidazole rings is 1. The third-order valence-electron chi connectivity index (χ3n) is 3.96. The molecule has 1 unspecified atom stereocenters. The highest BCUT2D eigenvalue weighted by atomic mass is 35.5. The summed E-state index contributed by atoms with van der Waals surface area (Å²) < 4.78 is 2.43. The van der Waals surface area contributed by atoms with Crippen molar-refractivity contribution in [2.75, 3.05) is 26.5 Å². The number of nitrogens with zero attached hydrogens (tertiary/aromatic N) is 3. The highest BCUT2D eigenvalue weighted by Crippen LogP contribution is 2.29. The Bertz CT molecular complexity index is 601. The summed E-state index contributed by atoms with van der Waals surface area (Å²) in [6.45, 7) is 7.73. The Morgan fingerprint density at radius 2 is 2.00 bits per heavy atom. The largest absolute Gasteiger partial charge is 0.323 e. The number of aromatic nitrogens is 2. The van der Waals surface area contributed by atoms with Gasteiger partial charge in [0.15, 0.2) is 0 Å². The van der Waals surface area contributed by atoms with E-state index in [0.29, 0.717) is 17.8 Å². The molecule has 0 aliphatic rings. The number of halogens is 1. The van der Waals surface area contributed by atoms with Gasteiger partial charge in [0.25, 0.3) is 0 Å². The van der Waals surface area contributed by atoms with Crippen LogP contribution >= 0.6 is 11.6 Å². The minimum absolute atomic E-state index is 0.407. The summed E-state index contributed by atoms with van der Waals surface area (Å²) in [6, 6.07) is 6.75. The first-order valence-corrected chi connectivity index (χ1v) is 8.16. The summed E-state index contributed by atoms with van der Waals surface area (Å²) in [7, 11) is 4.26. The monoisotopic (exact) mass is 307 g/mol. The number of hydrogen-bond acceptors (Lipinski definition) is 2. The van der Waals surface area contributed by atoms with Gasteiger partial charge in [-0.1, -0.05) is 26.0 Å². The predicted molar refractivity (Wildman–Crippen MR) is 91.3 cm³/mol. The van der Waals surface area contributed by atoms with E-state index < -0.39 is 0 Å². The lowest BCUT2D eigenvalue weighted by molar-refractivity contribution is 0.269. The van der Waals surface area contributed by atoms with Crippen molar-refractivity contribution in [2.45, 2.75) is 33.2 Å². The van der Waals surface area contributed by atoms with Crippen LogP contribution in [0.2, 0.25) is 0 Å². The fourth-order valence-electron chi connectivity index (χ4n) is 2.95. The van der Waals surface area contributed by atoms with Crippen molar-refractivity contribution in [3.8, 4) is 0 Å². The molecule has 1 aromatic carbocycles. The Morgan fingerprint density at radius 1 is 1.29 bits per heavy atom. The molecule has 21 heavy (non-hydrogen) atoms. The lowest BCUT2D eigenvalue weighted by Crippen LogP contribution is -2.29. The third-order valence-corrected chi connectivity index (χ3v) is 4.15. The Labute approximate surface area is 132 Å². The van der Waals surface area contributed by atoms with Crippen LogP contribution in [0.1, 0.15) is 31.3 Å². The number of alkyl halides is 1. The second-order valence-electron chi connectivity index (χ2n) is 6.35. The van der Waals surface area contributed by atoms with E-state index in [1.807, 2.05) is 0 Å². The summed E-state index contributed by atoms with van der Waals surface area (Å²) in [5.41, 5.74) is 3.63. The van der Waals surface area contributed by atoms with E-state index in [-0.39, 0.29) is 0 Å². The van der Waals surface area contributed by atoms with Crippen LogP contribution in [-0.4, -0.2) is 41.0 Å². The van der Waals surface area contributed by atoms with Gasteiger partial charge in [-0.05, 0) is 38.6 Å². The number of hydrogen-bond donors (Lipinski definition) is 0. The fourth-order valence-corrected chi connectivity index (χ4v) is 3.12. The van der Waals surface area contributed by atoms with E-state index in [2.05, 4.69) is 62.5 Å². The maximum Gasteiger partial charge on any atom is 0.111 e. The minimum atomic E-state index is 0.407. The average Bonchev–Trinajstić information content (AvgIpc) is 2.75. The van der Waals surface area contributed by atoms with Crippen molar-refractivity contribution in [1.82, 2.24) is 14.5 Å². The lowest BCUT2D eigenvalue weighted by Gasteiger charge is -2.28. The normalized spacial score (nSPS) is 13.5. The van der Waals surface area contributed by atoms with E-state index in [0.717, 1.165) is 24.3 Å². The second kappa shape index (κ2) is 6.80. The van der Waals surface area contributed by atoms with Gasteiger partial charge in [0.05, 0.1) is 17.1 Å². The zero-order chi connectivity index (χ0) is 15.6. The SMILES string of the molecule is Cc1cccc2nc(CCCl)n(C(CN(C)C)C(C)C)c12. The van der Waals surface area contributed by atoms with E-state index in [1.165, 1.54) is 11.1 Å². The van der Waals surface area contributed by atoms with Gasteiger partial charge in [0.2, 0.25) is 0 Å². The molecule has 116 valence electrons. The van der Waals surface area contributed by atoms with Crippen molar-refractivity contribution in [2.24, 2.45) is 5.92 Å². The van der Waals surface area contributed by atoms with Gasteiger partial charge in [0, 0.05) is 18.8 Å². The number of rotatable bonds is 6. The van der Waals surface area contributed by atoms with Crippen LogP contribution in [-0.2, 0) is 6.42 Å². The number of benzene rings is 1. The molecule has 0 saturated heterocycles. The molecule has 0 amide bonds.